The van der Waals surface area contributed by atoms with Crippen molar-refractivity contribution in [2.24, 2.45) is 0 Å². The van der Waals surface area contributed by atoms with Gasteiger partial charge >= 0.3 is 5.97 Å². The zero-order valence-corrected chi connectivity index (χ0v) is 11.6. The maximum absolute atomic E-state index is 11.3. The molecule has 1 aromatic rings. The number of rotatable bonds is 4. The van der Waals surface area contributed by atoms with Gasteiger partial charge in [0, 0.05) is 18.8 Å². The molecule has 1 aliphatic heterocycles. The van der Waals surface area contributed by atoms with Crippen LogP contribution in [0.4, 0.5) is 5.69 Å². The van der Waals surface area contributed by atoms with E-state index in [1.54, 1.807) is 13.0 Å². The van der Waals surface area contributed by atoms with E-state index in [4.69, 9.17) is 4.74 Å². The Balaban J connectivity index is 2.21. The second kappa shape index (κ2) is 5.17. The molecule has 1 atom stereocenters. The van der Waals surface area contributed by atoms with Crippen LogP contribution in [0, 0.1) is 13.8 Å². The van der Waals surface area contributed by atoms with Crippen LogP contribution in [0.15, 0.2) is 6.07 Å². The molecule has 1 unspecified atom stereocenters. The number of ether oxygens (including phenoxy) is 1. The molecule has 104 valence electrons. The number of nitrogens with zero attached hydrogens (tertiary/aromatic N) is 1. The Morgan fingerprint density at radius 1 is 1.58 bits per heavy atom. The predicted molar refractivity (Wildman–Crippen MR) is 72.8 cm³/mol. The summed E-state index contributed by atoms with van der Waals surface area (Å²) in [5.74, 6) is -0.954. The van der Waals surface area contributed by atoms with Gasteiger partial charge in [-0.2, -0.15) is 0 Å². The van der Waals surface area contributed by atoms with Gasteiger partial charge in [0.15, 0.2) is 0 Å². The molecular weight excluding hydrogens is 244 g/mol. The molecule has 0 bridgehead atoms. The normalized spacial score (nSPS) is 22.5. The van der Waals surface area contributed by atoms with Crippen LogP contribution in [0.1, 0.15) is 41.5 Å². The fraction of sp³-hybridized carbons (Fsp3) is 0.571. The van der Waals surface area contributed by atoms with Gasteiger partial charge in [-0.05, 0) is 39.7 Å². The smallest absolute Gasteiger partial charge is 0.339 e. The quantitative estimate of drug-likeness (QED) is 0.873. The third-order valence-electron chi connectivity index (χ3n) is 3.50. The fourth-order valence-electron chi connectivity index (χ4n) is 2.50. The molecule has 0 aliphatic carbocycles. The van der Waals surface area contributed by atoms with Crippen molar-refractivity contribution in [3.63, 3.8) is 0 Å². The van der Waals surface area contributed by atoms with Crippen molar-refractivity contribution in [3.05, 3.63) is 23.0 Å². The van der Waals surface area contributed by atoms with Crippen LogP contribution < -0.4 is 5.32 Å². The molecule has 2 heterocycles. The molecular formula is C14H20N2O3. The van der Waals surface area contributed by atoms with Crippen molar-refractivity contribution in [2.75, 3.05) is 18.5 Å². The van der Waals surface area contributed by atoms with Gasteiger partial charge in [-0.3, -0.25) is 4.98 Å². The molecule has 1 fully saturated rings. The number of carboxylic acids is 1. The van der Waals surface area contributed by atoms with Crippen LogP contribution in [0.25, 0.3) is 0 Å². The van der Waals surface area contributed by atoms with E-state index in [0.29, 0.717) is 17.9 Å². The number of hydrogen-bond acceptors (Lipinski definition) is 4. The highest BCUT2D eigenvalue weighted by Gasteiger charge is 2.30. The predicted octanol–water partition coefficient (Wildman–Crippen LogP) is 2.38. The number of carbonyl (C=O) groups is 1. The molecule has 0 aromatic carbocycles. The van der Waals surface area contributed by atoms with Gasteiger partial charge in [0.05, 0.1) is 17.0 Å². The van der Waals surface area contributed by atoms with Crippen LogP contribution in [0.5, 0.6) is 0 Å². The minimum atomic E-state index is -0.954. The first-order valence-corrected chi connectivity index (χ1v) is 6.51. The summed E-state index contributed by atoms with van der Waals surface area (Å²) in [7, 11) is 0. The third kappa shape index (κ3) is 3.04. The lowest BCUT2D eigenvalue weighted by Crippen LogP contribution is -2.33. The Morgan fingerprint density at radius 3 is 2.89 bits per heavy atom. The van der Waals surface area contributed by atoms with Gasteiger partial charge in [0.1, 0.15) is 5.56 Å². The van der Waals surface area contributed by atoms with Crippen LogP contribution >= 0.6 is 0 Å². The number of aromatic nitrogens is 1. The van der Waals surface area contributed by atoms with E-state index in [-0.39, 0.29) is 11.2 Å². The number of nitrogens with one attached hydrogen (secondary N) is 1. The standard InChI is InChI=1S/C14H20N2O3/c1-9-7-11(12(13(17)18)10(2)16-9)15-8-14(3)5-4-6-19-14/h7H,4-6,8H2,1-3H3,(H,15,16)(H,17,18). The third-order valence-corrected chi connectivity index (χ3v) is 3.50. The van der Waals surface area contributed by atoms with E-state index in [1.165, 1.54) is 0 Å². The molecule has 0 amide bonds. The second-order valence-corrected chi connectivity index (χ2v) is 5.33. The van der Waals surface area contributed by atoms with Crippen molar-refractivity contribution in [2.45, 2.75) is 39.2 Å². The van der Waals surface area contributed by atoms with Crippen molar-refractivity contribution in [1.29, 1.82) is 0 Å². The van der Waals surface area contributed by atoms with E-state index >= 15 is 0 Å². The Kier molecular flexibility index (Phi) is 3.75. The number of aryl methyl sites for hydroxylation is 2. The Bertz CT molecular complexity index is 494. The lowest BCUT2D eigenvalue weighted by atomic mass is 10.0. The minimum Gasteiger partial charge on any atom is -0.478 e. The van der Waals surface area contributed by atoms with Gasteiger partial charge in [-0.1, -0.05) is 0 Å². The lowest BCUT2D eigenvalue weighted by molar-refractivity contribution is 0.0314. The number of aromatic carboxylic acids is 1. The van der Waals surface area contributed by atoms with Gasteiger partial charge in [-0.15, -0.1) is 0 Å². The summed E-state index contributed by atoms with van der Waals surface area (Å²) in [4.78, 5) is 15.5. The van der Waals surface area contributed by atoms with Crippen LogP contribution in [0.2, 0.25) is 0 Å². The van der Waals surface area contributed by atoms with Crippen molar-refractivity contribution >= 4 is 11.7 Å². The summed E-state index contributed by atoms with van der Waals surface area (Å²) in [5, 5.41) is 12.5. The molecule has 2 rings (SSSR count). The highest BCUT2D eigenvalue weighted by Crippen LogP contribution is 2.27. The van der Waals surface area contributed by atoms with Crippen LogP contribution in [-0.2, 0) is 4.74 Å². The molecule has 0 saturated carbocycles. The Hall–Kier alpha value is -1.62. The van der Waals surface area contributed by atoms with E-state index < -0.39 is 5.97 Å². The molecule has 2 N–H and O–H groups in total. The lowest BCUT2D eigenvalue weighted by Gasteiger charge is -2.24. The average molecular weight is 264 g/mol. The number of pyridine rings is 1. The van der Waals surface area contributed by atoms with Gasteiger partial charge < -0.3 is 15.2 Å². The molecule has 5 heteroatoms. The van der Waals surface area contributed by atoms with E-state index in [0.717, 1.165) is 25.1 Å². The first kappa shape index (κ1) is 13.8. The monoisotopic (exact) mass is 264 g/mol. The number of hydrogen-bond donors (Lipinski definition) is 2. The number of carboxylic acid groups (broad SMARTS) is 1. The maximum atomic E-state index is 11.3. The molecule has 1 saturated heterocycles. The zero-order chi connectivity index (χ0) is 14.0. The summed E-state index contributed by atoms with van der Waals surface area (Å²) < 4.78 is 5.70. The summed E-state index contributed by atoms with van der Waals surface area (Å²) in [6.07, 6.45) is 2.05. The highest BCUT2D eigenvalue weighted by atomic mass is 16.5. The van der Waals surface area contributed by atoms with Crippen molar-refractivity contribution in [3.8, 4) is 0 Å². The second-order valence-electron chi connectivity index (χ2n) is 5.33. The van der Waals surface area contributed by atoms with Gasteiger partial charge in [-0.25, -0.2) is 4.79 Å². The summed E-state index contributed by atoms with van der Waals surface area (Å²) >= 11 is 0. The largest absolute Gasteiger partial charge is 0.478 e. The van der Waals surface area contributed by atoms with E-state index in [2.05, 4.69) is 10.3 Å². The molecule has 5 nitrogen and oxygen atoms in total. The Labute approximate surface area is 113 Å². The SMILES string of the molecule is Cc1cc(NCC2(C)CCCO2)c(C(=O)O)c(C)n1. The zero-order valence-electron chi connectivity index (χ0n) is 11.6. The first-order chi connectivity index (χ1) is 8.91. The van der Waals surface area contributed by atoms with Crippen molar-refractivity contribution < 1.29 is 14.6 Å². The van der Waals surface area contributed by atoms with Crippen molar-refractivity contribution in [1.82, 2.24) is 4.98 Å². The molecule has 0 radical (unpaired) electrons. The topological polar surface area (TPSA) is 71.5 Å². The molecule has 1 aliphatic rings. The minimum absolute atomic E-state index is 0.207. The highest BCUT2D eigenvalue weighted by molar-refractivity contribution is 5.95. The molecule has 0 spiro atoms. The summed E-state index contributed by atoms with van der Waals surface area (Å²) in [6.45, 7) is 7.01. The number of anilines is 1. The molecule has 19 heavy (non-hydrogen) atoms. The van der Waals surface area contributed by atoms with E-state index in [9.17, 15) is 9.90 Å². The van der Waals surface area contributed by atoms with E-state index in [1.807, 2.05) is 13.8 Å². The van der Waals surface area contributed by atoms with Gasteiger partial charge in [0.25, 0.3) is 0 Å². The fourth-order valence-corrected chi connectivity index (χ4v) is 2.50. The Morgan fingerprint density at radius 2 is 2.32 bits per heavy atom. The van der Waals surface area contributed by atoms with Crippen LogP contribution in [0.3, 0.4) is 0 Å². The van der Waals surface area contributed by atoms with Gasteiger partial charge in [0.2, 0.25) is 0 Å². The molecule has 1 aromatic heterocycles. The summed E-state index contributed by atoms with van der Waals surface area (Å²) in [6, 6.07) is 1.77. The van der Waals surface area contributed by atoms with Crippen LogP contribution in [-0.4, -0.2) is 34.8 Å². The first-order valence-electron chi connectivity index (χ1n) is 6.51. The maximum Gasteiger partial charge on any atom is 0.339 e. The summed E-state index contributed by atoms with van der Waals surface area (Å²) in [5.41, 5.74) is 2.00. The average Bonchev–Trinajstić information content (AvgIpc) is 2.72.